The number of piperidine rings is 1. The minimum Gasteiger partial charge on any atom is -0.355 e. The molecule has 4 rings (SSSR count). The molecule has 0 atom stereocenters. The maximum atomic E-state index is 13.8. The predicted octanol–water partition coefficient (Wildman–Crippen LogP) is 4.39. The average molecular weight is 476 g/mol. The minimum atomic E-state index is -3.85. The molecule has 0 spiro atoms. The van der Waals surface area contributed by atoms with Crippen LogP contribution in [0.3, 0.4) is 0 Å². The molecule has 168 valence electrons. The molecule has 0 aliphatic carbocycles. The molecule has 10 heteroatoms. The van der Waals surface area contributed by atoms with Gasteiger partial charge in [0.2, 0.25) is 15.9 Å². The lowest BCUT2D eigenvalue weighted by Gasteiger charge is -2.30. The second kappa shape index (κ2) is 9.35. The zero-order chi connectivity index (χ0) is 22.7. The van der Waals surface area contributed by atoms with Crippen LogP contribution in [0.4, 0.5) is 10.1 Å². The highest BCUT2D eigenvalue weighted by Crippen LogP contribution is 2.30. The van der Waals surface area contributed by atoms with Crippen LogP contribution in [0.25, 0.3) is 12.2 Å². The van der Waals surface area contributed by atoms with Gasteiger partial charge in [0, 0.05) is 23.9 Å². The number of carbonyl (C=O) groups excluding carboxylic acids is 1. The Kier molecular flexibility index (Phi) is 6.54. The summed E-state index contributed by atoms with van der Waals surface area (Å²) in [5.41, 5.74) is 0.407. The second-order valence-electron chi connectivity index (χ2n) is 7.46. The number of sulfonamides is 1. The molecule has 3 heterocycles. The third-order valence-electron chi connectivity index (χ3n) is 5.33. The molecule has 1 aliphatic rings. The molecule has 1 aliphatic heterocycles. The third-order valence-corrected chi connectivity index (χ3v) is 8.22. The van der Waals surface area contributed by atoms with E-state index in [1.807, 2.05) is 17.5 Å². The lowest BCUT2D eigenvalue weighted by Crippen LogP contribution is -2.41. The maximum absolute atomic E-state index is 13.8. The van der Waals surface area contributed by atoms with E-state index >= 15 is 0 Å². The Labute approximate surface area is 189 Å². The van der Waals surface area contributed by atoms with Crippen molar-refractivity contribution in [3.63, 3.8) is 0 Å². The zero-order valence-corrected chi connectivity index (χ0v) is 19.0. The number of para-hydroxylation sites is 1. The summed E-state index contributed by atoms with van der Waals surface area (Å²) >= 11 is 1.52. The summed E-state index contributed by atoms with van der Waals surface area (Å²) in [5.74, 6) is -1.04. The Bertz CT molecular complexity index is 1230. The minimum absolute atomic E-state index is 0.0413. The molecule has 3 aromatic rings. The fourth-order valence-corrected chi connectivity index (χ4v) is 5.97. The van der Waals surface area contributed by atoms with Crippen molar-refractivity contribution >= 4 is 45.1 Å². The zero-order valence-electron chi connectivity index (χ0n) is 17.3. The van der Waals surface area contributed by atoms with Crippen LogP contribution >= 0.6 is 11.3 Å². The Morgan fingerprint density at radius 3 is 2.66 bits per heavy atom. The van der Waals surface area contributed by atoms with E-state index in [0.717, 1.165) is 4.88 Å². The summed E-state index contributed by atoms with van der Waals surface area (Å²) < 4.78 is 47.0. The average Bonchev–Trinajstić information content (AvgIpc) is 3.43. The Morgan fingerprint density at radius 1 is 1.22 bits per heavy atom. The van der Waals surface area contributed by atoms with Crippen molar-refractivity contribution in [2.45, 2.75) is 24.7 Å². The lowest BCUT2D eigenvalue weighted by molar-refractivity contribution is -0.120. The Hall–Kier alpha value is -2.82. The van der Waals surface area contributed by atoms with Crippen LogP contribution in [0.5, 0.6) is 0 Å². The van der Waals surface area contributed by atoms with E-state index in [0.29, 0.717) is 12.8 Å². The van der Waals surface area contributed by atoms with Gasteiger partial charge in [0.25, 0.3) is 0 Å². The highest BCUT2D eigenvalue weighted by Gasteiger charge is 2.36. The van der Waals surface area contributed by atoms with Gasteiger partial charge < -0.3 is 9.84 Å². The first kappa shape index (κ1) is 22.4. The molecule has 1 saturated heterocycles. The summed E-state index contributed by atoms with van der Waals surface area (Å²) in [5, 5.41) is 8.37. The molecule has 1 amide bonds. The van der Waals surface area contributed by atoms with Gasteiger partial charge in [-0.05, 0) is 55.5 Å². The first-order valence-corrected chi connectivity index (χ1v) is 12.4. The van der Waals surface area contributed by atoms with Crippen molar-refractivity contribution in [3.05, 3.63) is 63.9 Å². The highest BCUT2D eigenvalue weighted by molar-refractivity contribution is 7.89. The molecular formula is C22H22FN3O4S2. The number of aryl methyl sites for hydroxylation is 1. The van der Waals surface area contributed by atoms with Crippen LogP contribution in [0.2, 0.25) is 0 Å². The summed E-state index contributed by atoms with van der Waals surface area (Å²) in [6.45, 7) is 1.94. The number of amides is 1. The monoisotopic (exact) mass is 475 g/mol. The summed E-state index contributed by atoms with van der Waals surface area (Å²) in [6, 6.07) is 9.77. The van der Waals surface area contributed by atoms with Crippen LogP contribution in [0.1, 0.15) is 29.2 Å². The number of hydrogen-bond acceptors (Lipinski definition) is 6. The molecule has 1 fully saturated rings. The van der Waals surface area contributed by atoms with Crippen molar-refractivity contribution in [2.24, 2.45) is 5.92 Å². The van der Waals surface area contributed by atoms with Gasteiger partial charge in [0.1, 0.15) is 11.5 Å². The topological polar surface area (TPSA) is 92.5 Å². The Morgan fingerprint density at radius 2 is 1.97 bits per heavy atom. The quantitative estimate of drug-likeness (QED) is 0.571. The molecule has 1 aromatic carbocycles. The van der Waals surface area contributed by atoms with Crippen LogP contribution in [0.15, 0.2) is 51.2 Å². The van der Waals surface area contributed by atoms with Gasteiger partial charge >= 0.3 is 0 Å². The molecule has 32 heavy (non-hydrogen) atoms. The van der Waals surface area contributed by atoms with Crippen molar-refractivity contribution in [2.75, 3.05) is 18.4 Å². The highest BCUT2D eigenvalue weighted by atomic mass is 32.2. The lowest BCUT2D eigenvalue weighted by atomic mass is 9.97. The molecule has 1 N–H and O–H groups in total. The van der Waals surface area contributed by atoms with E-state index in [1.165, 1.54) is 27.8 Å². The van der Waals surface area contributed by atoms with Gasteiger partial charge in [-0.25, -0.2) is 12.8 Å². The number of anilines is 1. The normalized spacial score (nSPS) is 15.9. The number of aromatic nitrogens is 1. The number of hydrogen-bond donors (Lipinski definition) is 1. The second-order valence-corrected chi connectivity index (χ2v) is 10.3. The van der Waals surface area contributed by atoms with Crippen molar-refractivity contribution < 1.29 is 22.1 Å². The first-order chi connectivity index (χ1) is 15.4. The molecule has 7 nitrogen and oxygen atoms in total. The summed E-state index contributed by atoms with van der Waals surface area (Å²) in [7, 11) is -3.85. The largest absolute Gasteiger partial charge is 0.355 e. The van der Waals surface area contributed by atoms with Gasteiger partial charge in [-0.3, -0.25) is 4.79 Å². The fraction of sp³-hybridized carbons (Fsp3) is 0.273. The van der Waals surface area contributed by atoms with E-state index < -0.39 is 21.8 Å². The maximum Gasteiger partial charge on any atom is 0.248 e. The number of nitrogens with zero attached hydrogens (tertiary/aromatic N) is 2. The van der Waals surface area contributed by atoms with E-state index in [-0.39, 0.29) is 41.0 Å². The smallest absolute Gasteiger partial charge is 0.248 e. The van der Waals surface area contributed by atoms with Crippen molar-refractivity contribution in [1.29, 1.82) is 0 Å². The van der Waals surface area contributed by atoms with Crippen molar-refractivity contribution in [3.8, 4) is 0 Å². The molecule has 0 saturated carbocycles. The van der Waals surface area contributed by atoms with E-state index in [1.54, 1.807) is 31.2 Å². The van der Waals surface area contributed by atoms with Crippen LogP contribution in [-0.2, 0) is 14.8 Å². The van der Waals surface area contributed by atoms with E-state index in [2.05, 4.69) is 10.5 Å². The summed E-state index contributed by atoms with van der Waals surface area (Å²) in [6.07, 6.45) is 4.06. The molecule has 0 radical (unpaired) electrons. The van der Waals surface area contributed by atoms with Gasteiger partial charge in [0.05, 0.1) is 5.69 Å². The molecule has 0 bridgehead atoms. The van der Waals surface area contributed by atoms with Crippen LogP contribution in [0, 0.1) is 18.7 Å². The Balaban J connectivity index is 1.45. The molecule has 0 unspecified atom stereocenters. The number of thiophene rings is 1. The van der Waals surface area contributed by atoms with Gasteiger partial charge in [-0.15, -0.1) is 11.3 Å². The van der Waals surface area contributed by atoms with E-state index in [9.17, 15) is 17.6 Å². The number of benzene rings is 1. The first-order valence-electron chi connectivity index (χ1n) is 10.1. The third kappa shape index (κ3) is 4.67. The molecule has 2 aromatic heterocycles. The van der Waals surface area contributed by atoms with Gasteiger partial charge in [-0.1, -0.05) is 23.4 Å². The standard InChI is InChI=1S/C22H22FN3O4S2/c1-15-21(20(30-25-15)9-8-17-5-4-14-31-17)32(28,29)26-12-10-16(11-13-26)22(27)24-19-7-3-2-6-18(19)23/h2-9,14,16H,10-13H2,1H3,(H,24,27)/b9-8+. The SMILES string of the molecule is Cc1noc(/C=C/c2cccs2)c1S(=O)(=O)N1CCC(C(=O)Nc2ccccc2F)CC1. The molecular weight excluding hydrogens is 453 g/mol. The van der Waals surface area contributed by atoms with Gasteiger partial charge in [0.15, 0.2) is 10.7 Å². The number of carbonyl (C=O) groups is 1. The number of rotatable bonds is 6. The summed E-state index contributed by atoms with van der Waals surface area (Å²) in [4.78, 5) is 13.5. The number of halogens is 1. The fourth-order valence-electron chi connectivity index (χ4n) is 3.63. The van der Waals surface area contributed by atoms with Crippen molar-refractivity contribution in [1.82, 2.24) is 9.46 Å². The van der Waals surface area contributed by atoms with Crippen LogP contribution in [-0.4, -0.2) is 36.9 Å². The predicted molar refractivity (Wildman–Crippen MR) is 121 cm³/mol. The van der Waals surface area contributed by atoms with Gasteiger partial charge in [-0.2, -0.15) is 4.31 Å². The van der Waals surface area contributed by atoms with E-state index in [4.69, 9.17) is 4.52 Å². The number of nitrogens with one attached hydrogen (secondary N) is 1. The van der Waals surface area contributed by atoms with Crippen LogP contribution < -0.4 is 5.32 Å².